The first-order valence-corrected chi connectivity index (χ1v) is 8.81. The fourth-order valence-electron chi connectivity index (χ4n) is 2.78. The highest BCUT2D eigenvalue weighted by Gasteiger charge is 2.31. The van der Waals surface area contributed by atoms with Crippen molar-refractivity contribution < 1.29 is 14.3 Å². The summed E-state index contributed by atoms with van der Waals surface area (Å²) in [6.45, 7) is 2.93. The fraction of sp³-hybridized carbons (Fsp3) is 0.333. The Balaban J connectivity index is 1.67. The minimum atomic E-state index is -0.212. The molecule has 5 nitrogen and oxygen atoms in total. The maximum Gasteiger partial charge on any atom is 0.261 e. The number of amides is 2. The zero-order valence-corrected chi connectivity index (χ0v) is 14.3. The molecule has 2 amide bonds. The van der Waals surface area contributed by atoms with Crippen LogP contribution in [0.15, 0.2) is 47.8 Å². The lowest BCUT2D eigenvalue weighted by Gasteiger charge is -2.39. The summed E-state index contributed by atoms with van der Waals surface area (Å²) in [5.74, 6) is -0.306. The average molecular weight is 344 g/mol. The number of nitrogens with zero attached hydrogens (tertiary/aromatic N) is 1. The number of rotatable bonds is 4. The zero-order valence-electron chi connectivity index (χ0n) is 13.5. The van der Waals surface area contributed by atoms with Gasteiger partial charge in [-0.05, 0) is 23.9 Å². The highest BCUT2D eigenvalue weighted by Crippen LogP contribution is 2.26. The van der Waals surface area contributed by atoms with E-state index in [2.05, 4.69) is 5.32 Å². The van der Waals surface area contributed by atoms with Crippen molar-refractivity contribution in [2.24, 2.45) is 0 Å². The van der Waals surface area contributed by atoms with Crippen molar-refractivity contribution in [2.75, 3.05) is 19.7 Å². The molecule has 6 heteroatoms. The van der Waals surface area contributed by atoms with Gasteiger partial charge in [-0.25, -0.2) is 0 Å². The van der Waals surface area contributed by atoms with Crippen LogP contribution in [0.25, 0.3) is 0 Å². The highest BCUT2D eigenvalue weighted by atomic mass is 32.1. The van der Waals surface area contributed by atoms with Gasteiger partial charge in [0.05, 0.1) is 30.2 Å². The summed E-state index contributed by atoms with van der Waals surface area (Å²) in [7, 11) is 0. The van der Waals surface area contributed by atoms with Crippen LogP contribution in [0.3, 0.4) is 0 Å². The highest BCUT2D eigenvalue weighted by molar-refractivity contribution is 7.12. The molecule has 126 valence electrons. The third-order valence-electron chi connectivity index (χ3n) is 4.02. The summed E-state index contributed by atoms with van der Waals surface area (Å²) in [6, 6.07) is 13.3. The van der Waals surface area contributed by atoms with E-state index in [9.17, 15) is 9.59 Å². The molecule has 1 aliphatic heterocycles. The fourth-order valence-corrected chi connectivity index (χ4v) is 3.42. The van der Waals surface area contributed by atoms with Gasteiger partial charge in [0.15, 0.2) is 0 Å². The number of nitrogens with one attached hydrogen (secondary N) is 1. The molecule has 1 N–H and O–H groups in total. The normalized spacial score (nSPS) is 20.6. The van der Waals surface area contributed by atoms with Gasteiger partial charge < -0.3 is 15.0 Å². The molecule has 0 aliphatic carbocycles. The van der Waals surface area contributed by atoms with Crippen LogP contribution in [0.1, 0.15) is 28.2 Å². The topological polar surface area (TPSA) is 58.6 Å². The molecule has 0 spiro atoms. The second-order valence-electron chi connectivity index (χ2n) is 5.78. The van der Waals surface area contributed by atoms with Crippen LogP contribution < -0.4 is 5.32 Å². The summed E-state index contributed by atoms with van der Waals surface area (Å²) in [6.07, 6.45) is -0.0121. The first-order chi connectivity index (χ1) is 11.6. The third-order valence-corrected chi connectivity index (χ3v) is 4.89. The van der Waals surface area contributed by atoms with Gasteiger partial charge in [0.1, 0.15) is 0 Å². The Labute approximate surface area is 145 Å². The second kappa shape index (κ2) is 7.59. The molecule has 1 fully saturated rings. The van der Waals surface area contributed by atoms with Gasteiger partial charge in [-0.1, -0.05) is 36.4 Å². The lowest BCUT2D eigenvalue weighted by atomic mass is 10.0. The molecule has 0 saturated carbocycles. The van der Waals surface area contributed by atoms with E-state index in [-0.39, 0.29) is 30.5 Å². The molecular formula is C18H20N2O3S. The second-order valence-corrected chi connectivity index (χ2v) is 6.72. The quantitative estimate of drug-likeness (QED) is 0.927. The molecule has 1 aromatic heterocycles. The molecule has 1 aromatic carbocycles. The van der Waals surface area contributed by atoms with Crippen LogP contribution in [0.4, 0.5) is 0 Å². The van der Waals surface area contributed by atoms with E-state index in [1.165, 1.54) is 11.3 Å². The standard InChI is InChI=1S/C18H20N2O3S/c1-13-11-20(15(12-23-13)14-6-3-2-4-7-14)17(21)10-19-18(22)16-8-5-9-24-16/h2-9,13,15H,10-12H2,1H3,(H,19,22)/t13-,15-/m0/s1. The number of benzene rings is 1. The third kappa shape index (κ3) is 3.83. The Kier molecular flexibility index (Phi) is 5.27. The lowest BCUT2D eigenvalue weighted by molar-refractivity contribution is -0.143. The van der Waals surface area contributed by atoms with Gasteiger partial charge in [0.2, 0.25) is 5.91 Å². The number of hydrogen-bond acceptors (Lipinski definition) is 4. The van der Waals surface area contributed by atoms with E-state index < -0.39 is 0 Å². The van der Waals surface area contributed by atoms with Crippen molar-refractivity contribution in [1.29, 1.82) is 0 Å². The SMILES string of the molecule is C[C@H]1CN(C(=O)CNC(=O)c2cccs2)[C@H](c2ccccc2)CO1. The lowest BCUT2D eigenvalue weighted by Crippen LogP contribution is -2.50. The molecule has 2 heterocycles. The van der Waals surface area contributed by atoms with E-state index in [0.29, 0.717) is 18.0 Å². The largest absolute Gasteiger partial charge is 0.374 e. The molecule has 24 heavy (non-hydrogen) atoms. The van der Waals surface area contributed by atoms with Gasteiger partial charge in [-0.15, -0.1) is 11.3 Å². The first kappa shape index (κ1) is 16.7. The molecule has 0 unspecified atom stereocenters. The number of ether oxygens (including phenoxy) is 1. The zero-order chi connectivity index (χ0) is 16.9. The minimum absolute atomic E-state index is 0.00716. The molecule has 0 bridgehead atoms. The van der Waals surface area contributed by atoms with Crippen molar-refractivity contribution in [3.63, 3.8) is 0 Å². The van der Waals surface area contributed by atoms with Crippen molar-refractivity contribution >= 4 is 23.2 Å². The number of thiophene rings is 1. The molecule has 1 saturated heterocycles. The van der Waals surface area contributed by atoms with Crippen LogP contribution in [-0.4, -0.2) is 42.5 Å². The van der Waals surface area contributed by atoms with E-state index in [0.717, 1.165) is 5.56 Å². The maximum atomic E-state index is 12.7. The Bertz CT molecular complexity index is 688. The van der Waals surface area contributed by atoms with E-state index >= 15 is 0 Å². The van der Waals surface area contributed by atoms with Gasteiger partial charge in [-0.2, -0.15) is 0 Å². The van der Waals surface area contributed by atoms with E-state index in [1.54, 1.807) is 11.0 Å². The Morgan fingerprint density at radius 3 is 2.75 bits per heavy atom. The van der Waals surface area contributed by atoms with Crippen LogP contribution in [-0.2, 0) is 9.53 Å². The Morgan fingerprint density at radius 2 is 2.04 bits per heavy atom. The van der Waals surface area contributed by atoms with Gasteiger partial charge in [0, 0.05) is 6.54 Å². The number of carbonyl (C=O) groups is 2. The van der Waals surface area contributed by atoms with Crippen molar-refractivity contribution in [2.45, 2.75) is 19.1 Å². The predicted octanol–water partition coefficient (Wildman–Crippen LogP) is 2.47. The molecule has 1 aliphatic rings. The van der Waals surface area contributed by atoms with Crippen molar-refractivity contribution in [1.82, 2.24) is 10.2 Å². The molecule has 2 atom stereocenters. The molecule has 0 radical (unpaired) electrons. The average Bonchev–Trinajstić information content (AvgIpc) is 3.15. The van der Waals surface area contributed by atoms with Crippen LogP contribution >= 0.6 is 11.3 Å². The van der Waals surface area contributed by atoms with E-state index in [4.69, 9.17) is 4.74 Å². The number of morpholine rings is 1. The Morgan fingerprint density at radius 1 is 1.25 bits per heavy atom. The Hall–Kier alpha value is -2.18. The van der Waals surface area contributed by atoms with Gasteiger partial charge in [-0.3, -0.25) is 9.59 Å². The summed E-state index contributed by atoms with van der Waals surface area (Å²) >= 11 is 1.36. The monoisotopic (exact) mass is 344 g/mol. The molecular weight excluding hydrogens is 324 g/mol. The number of carbonyl (C=O) groups excluding carboxylic acids is 2. The summed E-state index contributed by atoms with van der Waals surface area (Å²) in [4.78, 5) is 27.1. The maximum absolute atomic E-state index is 12.7. The van der Waals surface area contributed by atoms with Crippen molar-refractivity contribution in [3.05, 3.63) is 58.3 Å². The van der Waals surface area contributed by atoms with Crippen molar-refractivity contribution in [3.8, 4) is 0 Å². The summed E-state index contributed by atoms with van der Waals surface area (Å²) in [5, 5.41) is 4.55. The van der Waals surface area contributed by atoms with Crippen LogP contribution in [0.2, 0.25) is 0 Å². The van der Waals surface area contributed by atoms with Gasteiger partial charge >= 0.3 is 0 Å². The summed E-state index contributed by atoms with van der Waals surface area (Å²) in [5.41, 5.74) is 1.04. The minimum Gasteiger partial charge on any atom is -0.374 e. The summed E-state index contributed by atoms with van der Waals surface area (Å²) < 4.78 is 5.73. The van der Waals surface area contributed by atoms with Gasteiger partial charge in [0.25, 0.3) is 5.91 Å². The number of hydrogen-bond donors (Lipinski definition) is 1. The predicted molar refractivity (Wildman–Crippen MR) is 93.0 cm³/mol. The van der Waals surface area contributed by atoms with E-state index in [1.807, 2.05) is 48.7 Å². The smallest absolute Gasteiger partial charge is 0.261 e. The molecule has 2 aromatic rings. The van der Waals surface area contributed by atoms with Crippen LogP contribution in [0.5, 0.6) is 0 Å². The van der Waals surface area contributed by atoms with Crippen LogP contribution in [0, 0.1) is 0 Å². The molecule has 3 rings (SSSR count). The first-order valence-electron chi connectivity index (χ1n) is 7.93.